The van der Waals surface area contributed by atoms with Gasteiger partial charge in [0.1, 0.15) is 23.3 Å². The Morgan fingerprint density at radius 3 is 2.89 bits per heavy atom. The molecule has 0 saturated heterocycles. The predicted molar refractivity (Wildman–Crippen MR) is 68.0 cm³/mol. The molecule has 0 radical (unpaired) electrons. The van der Waals surface area contributed by atoms with Crippen molar-refractivity contribution in [1.82, 2.24) is 9.97 Å². The Hall–Kier alpha value is -2.32. The Morgan fingerprint density at radius 1 is 1.33 bits per heavy atom. The lowest BCUT2D eigenvalue weighted by atomic mass is 10.3. The number of anilines is 2. The molecule has 6 heteroatoms. The topological polar surface area (TPSA) is 70.8 Å². The molecule has 0 fully saturated rings. The molecule has 2 rings (SSSR count). The molecule has 90 valence electrons. The highest BCUT2D eigenvalue weighted by atomic mass is 35.5. The molecule has 1 aromatic heterocycles. The fraction of sp³-hybridized carbons (Fsp3) is 0.0833. The summed E-state index contributed by atoms with van der Waals surface area (Å²) in [6.45, 7) is 0. The molecular weight excluding hydrogens is 252 g/mol. The summed E-state index contributed by atoms with van der Waals surface area (Å²) in [5.74, 6) is 1.18. The summed E-state index contributed by atoms with van der Waals surface area (Å²) < 4.78 is 5.11. The fourth-order valence-corrected chi connectivity index (χ4v) is 1.57. The lowest BCUT2D eigenvalue weighted by molar-refractivity contribution is 0.415. The predicted octanol–water partition coefficient (Wildman–Crippen LogP) is 2.75. The second-order valence-corrected chi connectivity index (χ2v) is 3.71. The van der Waals surface area contributed by atoms with E-state index in [1.807, 2.05) is 30.3 Å². The highest BCUT2D eigenvalue weighted by Crippen LogP contribution is 2.21. The Morgan fingerprint density at radius 2 is 2.17 bits per heavy atom. The van der Waals surface area contributed by atoms with Gasteiger partial charge in [0.05, 0.1) is 7.11 Å². The zero-order chi connectivity index (χ0) is 13.0. The van der Waals surface area contributed by atoms with Crippen LogP contribution in [-0.2, 0) is 0 Å². The van der Waals surface area contributed by atoms with Crippen molar-refractivity contribution < 1.29 is 4.74 Å². The van der Waals surface area contributed by atoms with Gasteiger partial charge in [0, 0.05) is 17.8 Å². The quantitative estimate of drug-likeness (QED) is 0.859. The summed E-state index contributed by atoms with van der Waals surface area (Å²) in [4.78, 5) is 7.74. The van der Waals surface area contributed by atoms with E-state index in [1.165, 1.54) is 6.07 Å². The van der Waals surface area contributed by atoms with Gasteiger partial charge in [-0.2, -0.15) is 5.26 Å². The molecule has 2 aromatic rings. The van der Waals surface area contributed by atoms with Crippen LogP contribution in [0.15, 0.2) is 30.3 Å². The van der Waals surface area contributed by atoms with Crippen molar-refractivity contribution in [1.29, 1.82) is 5.26 Å². The van der Waals surface area contributed by atoms with E-state index < -0.39 is 0 Å². The third-order valence-electron chi connectivity index (χ3n) is 2.16. The number of ether oxygens (including phenoxy) is 1. The summed E-state index contributed by atoms with van der Waals surface area (Å²) in [7, 11) is 1.59. The largest absolute Gasteiger partial charge is 0.497 e. The maximum atomic E-state index is 8.79. The monoisotopic (exact) mass is 260 g/mol. The summed E-state index contributed by atoms with van der Waals surface area (Å²) >= 11 is 5.72. The van der Waals surface area contributed by atoms with Crippen LogP contribution >= 0.6 is 11.6 Å². The second kappa shape index (κ2) is 5.34. The van der Waals surface area contributed by atoms with Crippen molar-refractivity contribution in [2.75, 3.05) is 12.4 Å². The van der Waals surface area contributed by atoms with E-state index in [2.05, 4.69) is 15.3 Å². The minimum Gasteiger partial charge on any atom is -0.497 e. The Kier molecular flexibility index (Phi) is 3.60. The van der Waals surface area contributed by atoms with Gasteiger partial charge in [-0.15, -0.1) is 0 Å². The van der Waals surface area contributed by atoms with Crippen LogP contribution in [0.4, 0.5) is 11.5 Å². The van der Waals surface area contributed by atoms with Gasteiger partial charge in [0.25, 0.3) is 0 Å². The molecule has 0 amide bonds. The maximum Gasteiger partial charge on any atom is 0.225 e. The van der Waals surface area contributed by atoms with Gasteiger partial charge in [0.2, 0.25) is 5.28 Å². The molecule has 1 aromatic carbocycles. The number of benzene rings is 1. The van der Waals surface area contributed by atoms with Crippen LogP contribution in [0.25, 0.3) is 0 Å². The van der Waals surface area contributed by atoms with E-state index in [0.717, 1.165) is 11.4 Å². The third-order valence-corrected chi connectivity index (χ3v) is 2.32. The summed E-state index contributed by atoms with van der Waals surface area (Å²) in [5.41, 5.74) is 0.994. The smallest absolute Gasteiger partial charge is 0.225 e. The zero-order valence-electron chi connectivity index (χ0n) is 9.51. The summed E-state index contributed by atoms with van der Waals surface area (Å²) in [6.07, 6.45) is 0. The van der Waals surface area contributed by atoms with Crippen molar-refractivity contribution >= 4 is 23.1 Å². The number of rotatable bonds is 3. The molecule has 0 aliphatic rings. The van der Waals surface area contributed by atoms with Gasteiger partial charge in [0.15, 0.2) is 0 Å². The number of nitrogens with zero attached hydrogens (tertiary/aromatic N) is 3. The van der Waals surface area contributed by atoms with Crippen LogP contribution in [0.2, 0.25) is 5.28 Å². The Bertz CT molecular complexity index is 609. The molecule has 0 spiro atoms. The molecule has 0 unspecified atom stereocenters. The summed E-state index contributed by atoms with van der Waals surface area (Å²) in [6, 6.07) is 10.8. The average molecular weight is 261 g/mol. The second-order valence-electron chi connectivity index (χ2n) is 3.38. The van der Waals surface area contributed by atoms with E-state index in [0.29, 0.717) is 5.82 Å². The lowest BCUT2D eigenvalue weighted by Crippen LogP contribution is -1.97. The molecule has 0 bridgehead atoms. The van der Waals surface area contributed by atoms with Crippen LogP contribution in [-0.4, -0.2) is 17.1 Å². The van der Waals surface area contributed by atoms with E-state index in [-0.39, 0.29) is 11.0 Å². The fourth-order valence-electron chi connectivity index (χ4n) is 1.39. The molecular formula is C12H9ClN4O. The van der Waals surface area contributed by atoms with Gasteiger partial charge in [-0.3, -0.25) is 0 Å². The normalized spacial score (nSPS) is 9.61. The van der Waals surface area contributed by atoms with E-state index >= 15 is 0 Å². The molecule has 0 atom stereocenters. The van der Waals surface area contributed by atoms with Crippen molar-refractivity contribution in [3.8, 4) is 11.8 Å². The average Bonchev–Trinajstić information content (AvgIpc) is 2.38. The maximum absolute atomic E-state index is 8.79. The zero-order valence-corrected chi connectivity index (χ0v) is 10.3. The van der Waals surface area contributed by atoms with Gasteiger partial charge >= 0.3 is 0 Å². The number of hydrogen-bond donors (Lipinski definition) is 1. The van der Waals surface area contributed by atoms with Crippen molar-refractivity contribution in [3.63, 3.8) is 0 Å². The van der Waals surface area contributed by atoms with Crippen molar-refractivity contribution in [3.05, 3.63) is 41.3 Å². The number of nitrogens with one attached hydrogen (secondary N) is 1. The van der Waals surface area contributed by atoms with Crippen molar-refractivity contribution in [2.45, 2.75) is 0 Å². The highest BCUT2D eigenvalue weighted by molar-refractivity contribution is 6.28. The molecule has 0 saturated carbocycles. The minimum absolute atomic E-state index is 0.0273. The Labute approximate surface area is 109 Å². The SMILES string of the molecule is COc1cccc(Nc2cc(C#N)nc(Cl)n2)c1. The minimum atomic E-state index is 0.0273. The van der Waals surface area contributed by atoms with Gasteiger partial charge < -0.3 is 10.1 Å². The first kappa shape index (κ1) is 12.1. The molecule has 0 aliphatic heterocycles. The van der Waals surface area contributed by atoms with Crippen LogP contribution in [0, 0.1) is 11.3 Å². The van der Waals surface area contributed by atoms with E-state index in [4.69, 9.17) is 21.6 Å². The molecule has 18 heavy (non-hydrogen) atoms. The van der Waals surface area contributed by atoms with Crippen LogP contribution in [0.1, 0.15) is 5.69 Å². The van der Waals surface area contributed by atoms with Crippen LogP contribution in [0.3, 0.4) is 0 Å². The van der Waals surface area contributed by atoms with Gasteiger partial charge in [-0.05, 0) is 23.7 Å². The first-order valence-corrected chi connectivity index (χ1v) is 5.45. The number of nitriles is 1. The van der Waals surface area contributed by atoms with Gasteiger partial charge in [-0.1, -0.05) is 6.07 Å². The lowest BCUT2D eigenvalue weighted by Gasteiger charge is -2.07. The Balaban J connectivity index is 2.28. The van der Waals surface area contributed by atoms with Gasteiger partial charge in [-0.25, -0.2) is 9.97 Å². The number of methoxy groups -OCH3 is 1. The first-order chi connectivity index (χ1) is 8.71. The van der Waals surface area contributed by atoms with Crippen LogP contribution in [0.5, 0.6) is 5.75 Å². The van der Waals surface area contributed by atoms with Crippen molar-refractivity contribution in [2.24, 2.45) is 0 Å². The molecule has 0 aliphatic carbocycles. The molecule has 5 nitrogen and oxygen atoms in total. The third kappa shape index (κ3) is 2.87. The number of aromatic nitrogens is 2. The molecule has 1 heterocycles. The van der Waals surface area contributed by atoms with Crippen LogP contribution < -0.4 is 10.1 Å². The number of halogens is 1. The number of hydrogen-bond acceptors (Lipinski definition) is 5. The van der Waals surface area contributed by atoms with E-state index in [1.54, 1.807) is 7.11 Å². The summed E-state index contributed by atoms with van der Waals surface area (Å²) in [5, 5.41) is 11.8. The molecule has 1 N–H and O–H groups in total. The first-order valence-electron chi connectivity index (χ1n) is 5.07. The highest BCUT2D eigenvalue weighted by Gasteiger charge is 2.03. The standard InChI is InChI=1S/C12H9ClN4O/c1-18-10-4-2-3-8(5-10)15-11-6-9(7-14)16-12(13)17-11/h2-6H,1H3,(H,15,16,17). The van der Waals surface area contributed by atoms with E-state index in [9.17, 15) is 0 Å².